The van der Waals surface area contributed by atoms with Gasteiger partial charge in [0, 0.05) is 37.9 Å². The van der Waals surface area contributed by atoms with E-state index in [0.717, 1.165) is 50.5 Å². The van der Waals surface area contributed by atoms with Crippen LogP contribution in [0.4, 0.5) is 5.82 Å². The summed E-state index contributed by atoms with van der Waals surface area (Å²) in [6, 6.07) is 3.97. The van der Waals surface area contributed by atoms with Gasteiger partial charge in [-0.3, -0.25) is 4.90 Å². The van der Waals surface area contributed by atoms with Gasteiger partial charge < -0.3 is 10.0 Å². The molecule has 0 saturated carbocycles. The lowest BCUT2D eigenvalue weighted by atomic mass is 10.1. The third-order valence-electron chi connectivity index (χ3n) is 4.33. The molecule has 1 aliphatic heterocycles. The van der Waals surface area contributed by atoms with Gasteiger partial charge in [-0.25, -0.2) is 9.78 Å². The lowest BCUT2D eigenvalue weighted by Crippen LogP contribution is -2.49. The number of aromatic nitrogens is 1. The molecule has 21 heavy (non-hydrogen) atoms. The molecule has 2 heterocycles. The quantitative estimate of drug-likeness (QED) is 0.902. The van der Waals surface area contributed by atoms with Crippen LogP contribution in [0.2, 0.25) is 0 Å². The van der Waals surface area contributed by atoms with E-state index in [9.17, 15) is 9.90 Å². The highest BCUT2D eigenvalue weighted by atomic mass is 16.4. The first kappa shape index (κ1) is 15.8. The zero-order chi connectivity index (χ0) is 15.4. The van der Waals surface area contributed by atoms with Crippen molar-refractivity contribution >= 4 is 11.8 Å². The van der Waals surface area contributed by atoms with Gasteiger partial charge in [-0.2, -0.15) is 0 Å². The minimum atomic E-state index is -0.883. The van der Waals surface area contributed by atoms with Crippen molar-refractivity contribution in [2.45, 2.75) is 39.7 Å². The largest absolute Gasteiger partial charge is 0.478 e. The van der Waals surface area contributed by atoms with Gasteiger partial charge >= 0.3 is 5.97 Å². The first-order valence-corrected chi connectivity index (χ1v) is 7.78. The Morgan fingerprint density at radius 3 is 2.48 bits per heavy atom. The predicted octanol–water partition coefficient (Wildman–Crippen LogP) is 2.26. The van der Waals surface area contributed by atoms with Gasteiger partial charge in [-0.05, 0) is 31.9 Å². The Kier molecular flexibility index (Phi) is 5.17. The zero-order valence-electron chi connectivity index (χ0n) is 13.2. The molecule has 1 atom stereocenters. The van der Waals surface area contributed by atoms with Gasteiger partial charge in [0.1, 0.15) is 5.82 Å². The highest BCUT2D eigenvalue weighted by molar-refractivity contribution is 5.88. The lowest BCUT2D eigenvalue weighted by Gasteiger charge is -2.38. The summed E-state index contributed by atoms with van der Waals surface area (Å²) in [5.41, 5.74) is 1.18. The van der Waals surface area contributed by atoms with Crippen molar-refractivity contribution in [3.05, 3.63) is 23.4 Å². The molecular formula is C16H25N3O2. The van der Waals surface area contributed by atoms with Crippen LogP contribution in [-0.4, -0.2) is 53.2 Å². The maximum absolute atomic E-state index is 11.2. The van der Waals surface area contributed by atoms with E-state index in [2.05, 4.69) is 28.6 Å². The molecule has 1 unspecified atom stereocenters. The number of hydrogen-bond acceptors (Lipinski definition) is 4. The number of aryl methyl sites for hydroxylation is 1. The van der Waals surface area contributed by atoms with E-state index in [0.29, 0.717) is 11.6 Å². The molecule has 0 spiro atoms. The van der Waals surface area contributed by atoms with Crippen LogP contribution < -0.4 is 4.90 Å². The van der Waals surface area contributed by atoms with Crippen LogP contribution in [0.1, 0.15) is 43.2 Å². The van der Waals surface area contributed by atoms with E-state index in [1.165, 1.54) is 0 Å². The third kappa shape index (κ3) is 3.73. The molecule has 116 valence electrons. The summed E-state index contributed by atoms with van der Waals surface area (Å²) in [5, 5.41) is 9.22. The lowest BCUT2D eigenvalue weighted by molar-refractivity contribution is 0.0696. The number of carboxylic acids is 1. The topological polar surface area (TPSA) is 56.7 Å². The average Bonchev–Trinajstić information content (AvgIpc) is 2.53. The van der Waals surface area contributed by atoms with Gasteiger partial charge in [0.2, 0.25) is 0 Å². The van der Waals surface area contributed by atoms with E-state index in [1.54, 1.807) is 12.1 Å². The SMILES string of the molecule is CCc1cc(C(=O)O)cc(N2CCN(C(C)CC)CC2)n1. The molecule has 5 heteroatoms. The Morgan fingerprint density at radius 2 is 1.95 bits per heavy atom. The van der Waals surface area contributed by atoms with E-state index in [4.69, 9.17) is 0 Å². The minimum absolute atomic E-state index is 0.334. The molecule has 0 aliphatic carbocycles. The van der Waals surface area contributed by atoms with Crippen LogP contribution in [0.25, 0.3) is 0 Å². The number of rotatable bonds is 5. The Balaban J connectivity index is 2.12. The van der Waals surface area contributed by atoms with Crippen LogP contribution in [0.3, 0.4) is 0 Å². The second kappa shape index (κ2) is 6.89. The predicted molar refractivity (Wildman–Crippen MR) is 84.1 cm³/mol. The molecule has 1 aromatic heterocycles. The number of carbonyl (C=O) groups is 1. The summed E-state index contributed by atoms with van der Waals surface area (Å²) >= 11 is 0. The van der Waals surface area contributed by atoms with Crippen molar-refractivity contribution in [1.29, 1.82) is 0 Å². The standard InChI is InChI=1S/C16H25N3O2/c1-4-12(3)18-6-8-19(9-7-18)15-11-13(16(20)21)10-14(5-2)17-15/h10-12H,4-9H2,1-3H3,(H,20,21). The first-order valence-electron chi connectivity index (χ1n) is 7.78. The number of nitrogens with zero attached hydrogens (tertiary/aromatic N) is 3. The fourth-order valence-electron chi connectivity index (χ4n) is 2.69. The molecule has 1 aliphatic rings. The van der Waals surface area contributed by atoms with Crippen LogP contribution >= 0.6 is 0 Å². The van der Waals surface area contributed by atoms with Gasteiger partial charge in [0.25, 0.3) is 0 Å². The second-order valence-electron chi connectivity index (χ2n) is 5.64. The van der Waals surface area contributed by atoms with E-state index in [1.807, 2.05) is 6.92 Å². The fraction of sp³-hybridized carbons (Fsp3) is 0.625. The van der Waals surface area contributed by atoms with E-state index < -0.39 is 5.97 Å². The Hall–Kier alpha value is -1.62. The number of hydrogen-bond donors (Lipinski definition) is 1. The Labute approximate surface area is 126 Å². The average molecular weight is 291 g/mol. The van der Waals surface area contributed by atoms with Gasteiger partial charge in [-0.1, -0.05) is 13.8 Å². The second-order valence-corrected chi connectivity index (χ2v) is 5.64. The molecule has 1 fully saturated rings. The monoisotopic (exact) mass is 291 g/mol. The molecule has 1 saturated heterocycles. The summed E-state index contributed by atoms with van der Waals surface area (Å²) in [4.78, 5) is 20.5. The summed E-state index contributed by atoms with van der Waals surface area (Å²) in [7, 11) is 0. The van der Waals surface area contributed by atoms with Crippen molar-refractivity contribution in [2.24, 2.45) is 0 Å². The highest BCUT2D eigenvalue weighted by Gasteiger charge is 2.22. The van der Waals surface area contributed by atoms with Crippen molar-refractivity contribution in [3.8, 4) is 0 Å². The number of aromatic carboxylic acids is 1. The fourth-order valence-corrected chi connectivity index (χ4v) is 2.69. The smallest absolute Gasteiger partial charge is 0.335 e. The Morgan fingerprint density at radius 1 is 1.29 bits per heavy atom. The van der Waals surface area contributed by atoms with Crippen LogP contribution in [0.5, 0.6) is 0 Å². The number of anilines is 1. The van der Waals surface area contributed by atoms with Crippen molar-refractivity contribution in [1.82, 2.24) is 9.88 Å². The number of carboxylic acid groups (broad SMARTS) is 1. The van der Waals surface area contributed by atoms with Crippen LogP contribution in [0.15, 0.2) is 12.1 Å². The molecule has 0 bridgehead atoms. The van der Waals surface area contributed by atoms with Crippen LogP contribution in [-0.2, 0) is 6.42 Å². The molecule has 5 nitrogen and oxygen atoms in total. The molecule has 1 aromatic rings. The number of pyridine rings is 1. The van der Waals surface area contributed by atoms with Crippen molar-refractivity contribution < 1.29 is 9.90 Å². The van der Waals surface area contributed by atoms with Crippen molar-refractivity contribution in [3.63, 3.8) is 0 Å². The van der Waals surface area contributed by atoms with Gasteiger partial charge in [0.05, 0.1) is 5.56 Å². The molecular weight excluding hydrogens is 266 g/mol. The molecule has 2 rings (SSSR count). The summed E-state index contributed by atoms with van der Waals surface area (Å²) in [5.74, 6) is -0.0813. The summed E-state index contributed by atoms with van der Waals surface area (Å²) < 4.78 is 0. The molecule has 0 radical (unpaired) electrons. The van der Waals surface area contributed by atoms with Crippen molar-refractivity contribution in [2.75, 3.05) is 31.1 Å². The molecule has 0 aromatic carbocycles. The maximum atomic E-state index is 11.2. The summed E-state index contributed by atoms with van der Waals surface area (Å²) in [6.07, 6.45) is 1.91. The molecule has 1 N–H and O–H groups in total. The maximum Gasteiger partial charge on any atom is 0.335 e. The van der Waals surface area contributed by atoms with E-state index in [-0.39, 0.29) is 0 Å². The third-order valence-corrected chi connectivity index (χ3v) is 4.33. The van der Waals surface area contributed by atoms with Gasteiger partial charge in [0.15, 0.2) is 0 Å². The normalized spacial score (nSPS) is 17.8. The highest BCUT2D eigenvalue weighted by Crippen LogP contribution is 2.19. The van der Waals surface area contributed by atoms with Crippen LogP contribution in [0, 0.1) is 0 Å². The Bertz CT molecular complexity index is 496. The number of piperazine rings is 1. The van der Waals surface area contributed by atoms with Gasteiger partial charge in [-0.15, -0.1) is 0 Å². The first-order chi connectivity index (χ1) is 10.0. The molecule has 0 amide bonds. The minimum Gasteiger partial charge on any atom is -0.478 e. The summed E-state index contributed by atoms with van der Waals surface area (Å²) in [6.45, 7) is 10.3. The zero-order valence-corrected chi connectivity index (χ0v) is 13.2. The van der Waals surface area contributed by atoms with E-state index >= 15 is 0 Å².